The molecule has 41 heavy (non-hydrogen) atoms. The summed E-state index contributed by atoms with van der Waals surface area (Å²) in [6.07, 6.45) is 2.11. The van der Waals surface area contributed by atoms with Crippen molar-refractivity contribution in [3.63, 3.8) is 0 Å². The van der Waals surface area contributed by atoms with Crippen LogP contribution in [0.5, 0.6) is 0 Å². The van der Waals surface area contributed by atoms with Crippen LogP contribution in [0.4, 0.5) is 5.82 Å². The zero-order valence-corrected chi connectivity index (χ0v) is 24.6. The Balaban J connectivity index is 1.18. The molecule has 0 saturated carbocycles. The Morgan fingerprint density at radius 2 is 1.63 bits per heavy atom. The fraction of sp³-hybridized carbons (Fsp3) is 0.571. The van der Waals surface area contributed by atoms with E-state index in [0.29, 0.717) is 25.2 Å². The molecule has 6 heterocycles. The highest BCUT2D eigenvalue weighted by Crippen LogP contribution is 2.29. The zero-order valence-electron chi connectivity index (χ0n) is 23.7. The highest BCUT2D eigenvalue weighted by molar-refractivity contribution is 7.89. The number of morpholine rings is 1. The summed E-state index contributed by atoms with van der Waals surface area (Å²) in [5, 5.41) is 0. The molecule has 0 radical (unpaired) electrons. The summed E-state index contributed by atoms with van der Waals surface area (Å²) >= 11 is 1.13. The number of anilines is 1. The highest BCUT2D eigenvalue weighted by Gasteiger charge is 2.27. The molecule has 4 aromatic rings. The lowest BCUT2D eigenvalue weighted by Gasteiger charge is -2.39. The van der Waals surface area contributed by atoms with Crippen LogP contribution in [0, 0.1) is 6.92 Å². The van der Waals surface area contributed by atoms with E-state index in [4.69, 9.17) is 33.0 Å². The van der Waals surface area contributed by atoms with Gasteiger partial charge in [0.2, 0.25) is 5.95 Å². The maximum absolute atomic E-state index is 5.66. The number of nitrogens with zero attached hydrogens (tertiary/aromatic N) is 9. The van der Waals surface area contributed by atoms with Crippen molar-refractivity contribution in [2.75, 3.05) is 70.6 Å². The Morgan fingerprint density at radius 1 is 0.878 bits per heavy atom. The minimum Gasteiger partial charge on any atom is -0.378 e. The van der Waals surface area contributed by atoms with E-state index in [1.54, 1.807) is 0 Å². The lowest BCUT2D eigenvalue weighted by molar-refractivity contribution is 0.0653. The largest absolute Gasteiger partial charge is 0.378 e. The van der Waals surface area contributed by atoms with Gasteiger partial charge < -0.3 is 14.2 Å². The van der Waals surface area contributed by atoms with Crippen LogP contribution >= 0.6 is 12.3 Å². The smallest absolute Gasteiger partial charge is 0.239 e. The van der Waals surface area contributed by atoms with Gasteiger partial charge in [-0.2, -0.15) is 9.97 Å². The van der Waals surface area contributed by atoms with Crippen molar-refractivity contribution in [3.05, 3.63) is 35.9 Å². The predicted octanol–water partition coefficient (Wildman–Crippen LogP) is 2.72. The number of para-hydroxylation sites is 2. The number of ether oxygens (including phenoxy) is 1. The average Bonchev–Trinajstić information content (AvgIpc) is 3.48. The van der Waals surface area contributed by atoms with Crippen molar-refractivity contribution in [2.24, 2.45) is 7.05 Å². The van der Waals surface area contributed by atoms with Gasteiger partial charge in [0.1, 0.15) is 11.6 Å². The zero-order chi connectivity index (χ0) is 27.8. The molecule has 0 N–H and O–H groups in total. The molecule has 0 amide bonds. The van der Waals surface area contributed by atoms with E-state index >= 15 is 0 Å². The lowest BCUT2D eigenvalue weighted by Crippen LogP contribution is -2.50. The van der Waals surface area contributed by atoms with Crippen molar-refractivity contribution in [1.82, 2.24) is 38.9 Å². The second-order valence-corrected chi connectivity index (χ2v) is 11.6. The van der Waals surface area contributed by atoms with Crippen LogP contribution in [0.1, 0.15) is 24.5 Å². The average molecular weight is 580 g/mol. The molecule has 7 rings (SSSR count). The maximum atomic E-state index is 5.66. The molecule has 0 atom stereocenters. The number of benzene rings is 1. The summed E-state index contributed by atoms with van der Waals surface area (Å²) in [7, 11) is 2.08. The number of rotatable bonds is 5. The van der Waals surface area contributed by atoms with Gasteiger partial charge in [-0.15, -0.1) is 0 Å². The number of aryl methyl sites for hydroxylation is 2. The minimum absolute atomic E-state index is 0.515. The van der Waals surface area contributed by atoms with E-state index in [2.05, 4.69) is 36.9 Å². The van der Waals surface area contributed by atoms with E-state index in [9.17, 15) is 0 Å². The van der Waals surface area contributed by atoms with Crippen molar-refractivity contribution in [1.29, 1.82) is 0 Å². The normalized spacial score (nSPS) is 20.6. The fourth-order valence-corrected chi connectivity index (χ4v) is 6.58. The van der Waals surface area contributed by atoms with Crippen molar-refractivity contribution in [2.45, 2.75) is 32.4 Å². The molecule has 218 valence electrons. The molecule has 0 aliphatic carbocycles. The van der Waals surface area contributed by atoms with E-state index < -0.39 is 0 Å². The van der Waals surface area contributed by atoms with Gasteiger partial charge >= 0.3 is 0 Å². The number of imidazole rings is 2. The van der Waals surface area contributed by atoms with Gasteiger partial charge in [0, 0.05) is 52.4 Å². The first-order valence-electron chi connectivity index (χ1n) is 14.5. The minimum atomic E-state index is 0.515. The first-order chi connectivity index (χ1) is 20.2. The Kier molecular flexibility index (Phi) is 7.80. The number of aromatic nitrogens is 6. The van der Waals surface area contributed by atoms with Gasteiger partial charge in [0.25, 0.3) is 0 Å². The molecule has 13 heteroatoms. The molecular weight excluding hydrogens is 542 g/mol. The molecule has 3 saturated heterocycles. The first-order valence-corrected chi connectivity index (χ1v) is 15.2. The third-order valence-electron chi connectivity index (χ3n) is 8.47. The van der Waals surface area contributed by atoms with Crippen LogP contribution in [0.15, 0.2) is 24.3 Å². The molecule has 0 bridgehead atoms. The number of hydrogen-bond acceptors (Lipinski definition) is 11. The van der Waals surface area contributed by atoms with Crippen LogP contribution in [0.3, 0.4) is 0 Å². The van der Waals surface area contributed by atoms with Crippen molar-refractivity contribution >= 4 is 40.3 Å². The van der Waals surface area contributed by atoms with E-state index in [0.717, 1.165) is 124 Å². The molecule has 0 spiro atoms. The van der Waals surface area contributed by atoms with Gasteiger partial charge in [-0.3, -0.25) is 22.7 Å². The molecule has 3 fully saturated rings. The Bertz CT molecular complexity index is 1500. The standard InChI is InChI=1S/C28H37N9O3S/c1-20-29-22-5-3-4-6-23(22)37(20)28-31-26-25(27(32-28)36-13-17-38-18-14-36)30-24(33(26)2)19-34-9-11-35(12-10-34)21-7-15-39-41-40-16-8-21/h3-6,21H,7-19H2,1-2H3. The quantitative estimate of drug-likeness (QED) is 0.327. The van der Waals surface area contributed by atoms with Gasteiger partial charge in [0.15, 0.2) is 29.3 Å². The SMILES string of the molecule is Cc1nc2ccccc2n1-c1nc(N2CCOCC2)c2nc(CN3CCN(C4CCOSOCC4)CC3)n(C)c2n1. The van der Waals surface area contributed by atoms with Crippen LogP contribution in [-0.4, -0.2) is 111 Å². The molecule has 12 nitrogen and oxygen atoms in total. The van der Waals surface area contributed by atoms with Gasteiger partial charge in [-0.25, -0.2) is 9.97 Å². The molecule has 3 aromatic heterocycles. The van der Waals surface area contributed by atoms with Gasteiger partial charge in [0.05, 0.1) is 44.0 Å². The fourth-order valence-electron chi connectivity index (χ4n) is 6.18. The second-order valence-electron chi connectivity index (χ2n) is 10.9. The summed E-state index contributed by atoms with van der Waals surface area (Å²) in [5.41, 5.74) is 3.62. The van der Waals surface area contributed by atoms with E-state index in [-0.39, 0.29) is 0 Å². The summed E-state index contributed by atoms with van der Waals surface area (Å²) in [4.78, 5) is 27.5. The van der Waals surface area contributed by atoms with Gasteiger partial charge in [-0.05, 0) is 31.9 Å². The third kappa shape index (κ3) is 5.42. The molecule has 3 aliphatic heterocycles. The molecule has 1 aromatic carbocycles. The Labute approximate surface area is 244 Å². The third-order valence-corrected chi connectivity index (χ3v) is 9.00. The molecule has 3 aliphatic rings. The van der Waals surface area contributed by atoms with Crippen LogP contribution in [0.2, 0.25) is 0 Å². The predicted molar refractivity (Wildman–Crippen MR) is 158 cm³/mol. The summed E-state index contributed by atoms with van der Waals surface area (Å²) in [5.74, 6) is 3.36. The van der Waals surface area contributed by atoms with Crippen molar-refractivity contribution < 1.29 is 13.1 Å². The summed E-state index contributed by atoms with van der Waals surface area (Å²) < 4.78 is 20.8. The van der Waals surface area contributed by atoms with Crippen LogP contribution in [0.25, 0.3) is 28.1 Å². The number of hydrogen-bond donors (Lipinski definition) is 0. The Morgan fingerprint density at radius 3 is 2.41 bits per heavy atom. The number of fused-ring (bicyclic) bond motifs is 2. The van der Waals surface area contributed by atoms with Crippen LogP contribution < -0.4 is 4.90 Å². The first kappa shape index (κ1) is 27.0. The van der Waals surface area contributed by atoms with Gasteiger partial charge in [-0.1, -0.05) is 12.1 Å². The number of piperazine rings is 1. The topological polar surface area (TPSA) is 98.8 Å². The van der Waals surface area contributed by atoms with E-state index in [1.807, 2.05) is 25.1 Å². The van der Waals surface area contributed by atoms with Crippen molar-refractivity contribution in [3.8, 4) is 5.95 Å². The second kappa shape index (κ2) is 11.8. The summed E-state index contributed by atoms with van der Waals surface area (Å²) in [6, 6.07) is 8.65. The van der Waals surface area contributed by atoms with Crippen LogP contribution in [-0.2, 0) is 26.7 Å². The summed E-state index contributed by atoms with van der Waals surface area (Å²) in [6.45, 7) is 11.2. The maximum Gasteiger partial charge on any atom is 0.239 e. The lowest BCUT2D eigenvalue weighted by atomic mass is 10.1. The highest BCUT2D eigenvalue weighted by atomic mass is 32.2. The molecular formula is C28H37N9O3S. The monoisotopic (exact) mass is 579 g/mol. The Hall–Kier alpha value is -2.81. The molecule has 0 unspecified atom stereocenters. The van der Waals surface area contributed by atoms with E-state index in [1.165, 1.54) is 0 Å².